The Morgan fingerprint density at radius 2 is 0.877 bits per heavy atom. The number of hydrogen-bond donors (Lipinski definition) is 0. The van der Waals surface area contributed by atoms with Crippen LogP contribution in [0.1, 0.15) is 0 Å². The topological polar surface area (TPSA) is 42.4 Å². The predicted octanol–water partition coefficient (Wildman–Crippen LogP) is 15.0. The highest BCUT2D eigenvalue weighted by atomic mass is 16.4. The van der Waals surface area contributed by atoms with E-state index in [2.05, 4.69) is 175 Å². The first-order valence-electron chi connectivity index (χ1n) is 19.2. The zero-order valence-electron chi connectivity index (χ0n) is 30.8. The van der Waals surface area contributed by atoms with E-state index in [4.69, 9.17) is 13.8 Å². The molecule has 2 aromatic heterocycles. The molecule has 0 amide bonds. The largest absolute Gasteiger partial charge is 0.456 e. The van der Waals surface area contributed by atoms with Gasteiger partial charge < -0.3 is 13.7 Å². The highest BCUT2D eigenvalue weighted by Gasteiger charge is 2.19. The number of anilines is 3. The summed E-state index contributed by atoms with van der Waals surface area (Å²) in [4.78, 5) is 7.13. The Hall–Kier alpha value is -7.69. The SMILES string of the molecule is c1ccc(-c2ccc(N(c3ccc(-c4ccc5oc6cc7nc(-c8ccccc8)oc7cc6c5c4)cc3)c3ccc(-c4ccccc4)c4ccccc34)cc2)cc1. The van der Waals surface area contributed by atoms with Crippen LogP contribution >= 0.6 is 0 Å². The average molecular weight is 731 g/mol. The highest BCUT2D eigenvalue weighted by molar-refractivity contribution is 6.10. The van der Waals surface area contributed by atoms with Crippen LogP contribution in [0.25, 0.3) is 88.6 Å². The second-order valence-corrected chi connectivity index (χ2v) is 14.4. The number of aromatic nitrogens is 1. The van der Waals surface area contributed by atoms with Gasteiger partial charge in [0.15, 0.2) is 5.58 Å². The summed E-state index contributed by atoms with van der Waals surface area (Å²) < 4.78 is 12.6. The maximum atomic E-state index is 6.33. The second kappa shape index (κ2) is 13.6. The molecule has 4 heteroatoms. The van der Waals surface area contributed by atoms with Gasteiger partial charge in [-0.05, 0) is 99.4 Å². The van der Waals surface area contributed by atoms with Crippen molar-refractivity contribution in [3.8, 4) is 44.8 Å². The van der Waals surface area contributed by atoms with Gasteiger partial charge in [-0.15, -0.1) is 0 Å². The third-order valence-electron chi connectivity index (χ3n) is 10.9. The minimum Gasteiger partial charge on any atom is -0.456 e. The van der Waals surface area contributed by atoms with E-state index in [1.807, 2.05) is 36.4 Å². The zero-order valence-corrected chi connectivity index (χ0v) is 30.8. The van der Waals surface area contributed by atoms with Crippen molar-refractivity contribution in [3.63, 3.8) is 0 Å². The van der Waals surface area contributed by atoms with Crippen LogP contribution in [-0.4, -0.2) is 4.98 Å². The third kappa shape index (κ3) is 5.83. The number of rotatable bonds is 7. The Bertz CT molecular complexity index is 3200. The van der Waals surface area contributed by atoms with Crippen LogP contribution in [0.15, 0.2) is 215 Å². The van der Waals surface area contributed by atoms with Crippen molar-refractivity contribution < 1.29 is 8.83 Å². The van der Waals surface area contributed by atoms with Crippen molar-refractivity contribution in [1.82, 2.24) is 4.98 Å². The van der Waals surface area contributed by atoms with Crippen molar-refractivity contribution in [1.29, 1.82) is 0 Å². The zero-order chi connectivity index (χ0) is 37.7. The average Bonchev–Trinajstić information content (AvgIpc) is 3.87. The molecule has 0 spiro atoms. The van der Waals surface area contributed by atoms with E-state index in [9.17, 15) is 0 Å². The molecule has 0 N–H and O–H groups in total. The van der Waals surface area contributed by atoms with Gasteiger partial charge in [-0.1, -0.05) is 140 Å². The minimum atomic E-state index is 0.602. The van der Waals surface area contributed by atoms with Crippen molar-refractivity contribution in [3.05, 3.63) is 206 Å². The van der Waals surface area contributed by atoms with E-state index in [-0.39, 0.29) is 0 Å². The summed E-state index contributed by atoms with van der Waals surface area (Å²) in [6.07, 6.45) is 0. The van der Waals surface area contributed by atoms with Gasteiger partial charge >= 0.3 is 0 Å². The highest BCUT2D eigenvalue weighted by Crippen LogP contribution is 2.43. The molecular formula is C53H34N2O2. The molecule has 0 radical (unpaired) electrons. The van der Waals surface area contributed by atoms with E-state index in [1.54, 1.807) is 0 Å². The van der Waals surface area contributed by atoms with E-state index < -0.39 is 0 Å². The predicted molar refractivity (Wildman–Crippen MR) is 235 cm³/mol. The summed E-state index contributed by atoms with van der Waals surface area (Å²) in [5.74, 6) is 0.602. The fraction of sp³-hybridized carbons (Fsp3) is 0. The van der Waals surface area contributed by atoms with Gasteiger partial charge in [0.2, 0.25) is 5.89 Å². The number of furan rings is 1. The molecule has 0 bridgehead atoms. The summed E-state index contributed by atoms with van der Waals surface area (Å²) in [6.45, 7) is 0. The standard InChI is InChI=1S/C53H34N2O2/c1-4-12-35(13-5-1)36-20-25-41(26-21-36)55(49-30-29-43(38-14-6-2-7-15-38)44-18-10-11-19-45(44)49)42-27-22-37(23-28-42)40-24-31-50-46(32-40)47-33-52-48(34-51(47)56-50)54-53(57-52)39-16-8-3-9-17-39/h1-34H. The van der Waals surface area contributed by atoms with Crippen LogP contribution in [0.5, 0.6) is 0 Å². The van der Waals surface area contributed by atoms with E-state index in [1.165, 1.54) is 33.0 Å². The normalized spacial score (nSPS) is 11.5. The van der Waals surface area contributed by atoms with Crippen LogP contribution in [-0.2, 0) is 0 Å². The third-order valence-corrected chi connectivity index (χ3v) is 10.9. The summed E-state index contributed by atoms with van der Waals surface area (Å²) in [5, 5.41) is 4.44. The van der Waals surface area contributed by atoms with E-state index in [0.717, 1.165) is 66.8 Å². The molecule has 11 rings (SSSR count). The fourth-order valence-electron chi connectivity index (χ4n) is 8.09. The molecule has 4 nitrogen and oxygen atoms in total. The molecule has 0 aliphatic rings. The van der Waals surface area contributed by atoms with Crippen molar-refractivity contribution in [2.24, 2.45) is 0 Å². The number of benzene rings is 9. The van der Waals surface area contributed by atoms with Gasteiger partial charge in [0.05, 0.1) is 5.69 Å². The van der Waals surface area contributed by atoms with Gasteiger partial charge in [0.25, 0.3) is 0 Å². The van der Waals surface area contributed by atoms with Crippen LogP contribution in [0, 0.1) is 0 Å². The first-order valence-corrected chi connectivity index (χ1v) is 19.2. The molecule has 0 unspecified atom stereocenters. The Kier molecular flexibility index (Phi) is 7.78. The molecule has 11 aromatic rings. The molecule has 0 aliphatic carbocycles. The molecule has 0 atom stereocenters. The number of oxazole rings is 1. The molecule has 2 heterocycles. The van der Waals surface area contributed by atoms with Gasteiger partial charge in [-0.3, -0.25) is 0 Å². The summed E-state index contributed by atoms with van der Waals surface area (Å²) in [6, 6.07) is 72.6. The number of nitrogens with zero attached hydrogens (tertiary/aromatic N) is 2. The van der Waals surface area contributed by atoms with Gasteiger partial charge in [0.1, 0.15) is 16.7 Å². The maximum Gasteiger partial charge on any atom is 0.227 e. The van der Waals surface area contributed by atoms with Crippen molar-refractivity contribution in [2.45, 2.75) is 0 Å². The smallest absolute Gasteiger partial charge is 0.227 e. The molecule has 268 valence electrons. The van der Waals surface area contributed by atoms with Crippen molar-refractivity contribution in [2.75, 3.05) is 4.90 Å². The van der Waals surface area contributed by atoms with Crippen LogP contribution in [0.3, 0.4) is 0 Å². The Morgan fingerprint density at radius 1 is 0.333 bits per heavy atom. The molecule has 0 saturated heterocycles. The monoisotopic (exact) mass is 730 g/mol. The van der Waals surface area contributed by atoms with Gasteiger partial charge in [-0.2, -0.15) is 0 Å². The lowest BCUT2D eigenvalue weighted by Crippen LogP contribution is -2.10. The Balaban J connectivity index is 1.000. The molecule has 0 aliphatic heterocycles. The van der Waals surface area contributed by atoms with Crippen LogP contribution < -0.4 is 4.90 Å². The summed E-state index contributed by atoms with van der Waals surface area (Å²) >= 11 is 0. The quantitative estimate of drug-likeness (QED) is 0.164. The van der Waals surface area contributed by atoms with Crippen LogP contribution in [0.4, 0.5) is 17.1 Å². The lowest BCUT2D eigenvalue weighted by molar-refractivity contribution is 0.620. The maximum absolute atomic E-state index is 6.33. The summed E-state index contributed by atoms with van der Waals surface area (Å²) in [5.41, 5.74) is 14.4. The van der Waals surface area contributed by atoms with Gasteiger partial charge in [-0.25, -0.2) is 4.98 Å². The molecular weight excluding hydrogens is 697 g/mol. The Labute approximate surface area is 329 Å². The van der Waals surface area contributed by atoms with Gasteiger partial charge in [0, 0.05) is 39.2 Å². The lowest BCUT2D eigenvalue weighted by Gasteiger charge is -2.28. The minimum absolute atomic E-state index is 0.602. The fourth-order valence-corrected chi connectivity index (χ4v) is 8.09. The van der Waals surface area contributed by atoms with E-state index in [0.29, 0.717) is 5.89 Å². The molecule has 0 fully saturated rings. The Morgan fingerprint density at radius 3 is 1.56 bits per heavy atom. The first kappa shape index (κ1) is 32.7. The molecule has 9 aromatic carbocycles. The molecule has 0 saturated carbocycles. The van der Waals surface area contributed by atoms with E-state index >= 15 is 0 Å². The van der Waals surface area contributed by atoms with Crippen molar-refractivity contribution >= 4 is 60.9 Å². The second-order valence-electron chi connectivity index (χ2n) is 14.4. The number of fused-ring (bicyclic) bond motifs is 5. The molecule has 57 heavy (non-hydrogen) atoms. The van der Waals surface area contributed by atoms with Crippen LogP contribution in [0.2, 0.25) is 0 Å². The summed E-state index contributed by atoms with van der Waals surface area (Å²) in [7, 11) is 0. The lowest BCUT2D eigenvalue weighted by atomic mass is 9.96. The number of hydrogen-bond acceptors (Lipinski definition) is 4. The first-order chi connectivity index (χ1) is 28.2.